The molecule has 0 amide bonds. The molecular formula is C19H19ClO. The predicted molar refractivity (Wildman–Crippen MR) is 90.1 cm³/mol. The van der Waals surface area contributed by atoms with Crippen LogP contribution >= 0.6 is 11.6 Å². The van der Waals surface area contributed by atoms with Crippen LogP contribution in [-0.4, -0.2) is 0 Å². The Labute approximate surface area is 130 Å². The van der Waals surface area contributed by atoms with Gasteiger partial charge < -0.3 is 4.42 Å². The summed E-state index contributed by atoms with van der Waals surface area (Å²) in [7, 11) is 0. The van der Waals surface area contributed by atoms with Crippen LogP contribution in [0.1, 0.15) is 31.9 Å². The molecule has 1 heterocycles. The van der Waals surface area contributed by atoms with Gasteiger partial charge in [0.05, 0.1) is 5.02 Å². The quantitative estimate of drug-likeness (QED) is 0.509. The van der Waals surface area contributed by atoms with Crippen LogP contribution < -0.4 is 0 Å². The molecule has 1 nitrogen and oxygen atoms in total. The third-order valence-corrected chi connectivity index (χ3v) is 4.23. The Morgan fingerprint density at radius 1 is 0.952 bits per heavy atom. The fraction of sp³-hybridized carbons (Fsp3) is 0.263. The SMILES string of the molecule is Cc1c(-c2ccc(C(C)(C)C)cc2)oc2cccc(Cl)c12. The lowest BCUT2D eigenvalue weighted by atomic mass is 9.86. The molecule has 0 spiro atoms. The highest BCUT2D eigenvalue weighted by atomic mass is 35.5. The fourth-order valence-corrected chi connectivity index (χ4v) is 2.96. The van der Waals surface area contributed by atoms with E-state index >= 15 is 0 Å². The Morgan fingerprint density at radius 2 is 1.62 bits per heavy atom. The van der Waals surface area contributed by atoms with Crippen LogP contribution in [0.15, 0.2) is 46.9 Å². The predicted octanol–water partition coefficient (Wildman–Crippen LogP) is 6.36. The van der Waals surface area contributed by atoms with Crippen LogP contribution in [0, 0.1) is 6.92 Å². The summed E-state index contributed by atoms with van der Waals surface area (Å²) in [5.74, 6) is 0.901. The van der Waals surface area contributed by atoms with Gasteiger partial charge in [-0.1, -0.05) is 62.7 Å². The van der Waals surface area contributed by atoms with Gasteiger partial charge in [-0.25, -0.2) is 0 Å². The first kappa shape index (κ1) is 14.2. The zero-order chi connectivity index (χ0) is 15.2. The van der Waals surface area contributed by atoms with Crippen LogP contribution in [0.5, 0.6) is 0 Å². The standard InChI is InChI=1S/C19H19ClO/c1-12-17-15(20)6-5-7-16(17)21-18(12)13-8-10-14(11-9-13)19(2,3)4/h5-11H,1-4H3. The first-order chi connectivity index (χ1) is 9.88. The van der Waals surface area contributed by atoms with Crippen molar-refractivity contribution in [2.24, 2.45) is 0 Å². The molecule has 2 aromatic carbocycles. The Kier molecular flexibility index (Phi) is 3.33. The summed E-state index contributed by atoms with van der Waals surface area (Å²) < 4.78 is 6.01. The van der Waals surface area contributed by atoms with E-state index < -0.39 is 0 Å². The molecule has 108 valence electrons. The average Bonchev–Trinajstić information content (AvgIpc) is 2.77. The minimum atomic E-state index is 0.158. The second-order valence-electron chi connectivity index (χ2n) is 6.50. The second kappa shape index (κ2) is 4.92. The van der Waals surface area contributed by atoms with Crippen molar-refractivity contribution in [1.29, 1.82) is 0 Å². The maximum absolute atomic E-state index is 6.29. The number of benzene rings is 2. The number of hydrogen-bond acceptors (Lipinski definition) is 1. The summed E-state index contributed by atoms with van der Waals surface area (Å²) in [5, 5.41) is 1.75. The molecule has 0 bridgehead atoms. The van der Waals surface area contributed by atoms with Crippen LogP contribution in [0.3, 0.4) is 0 Å². The maximum Gasteiger partial charge on any atom is 0.138 e. The Balaban J connectivity index is 2.13. The van der Waals surface area contributed by atoms with Crippen LogP contribution in [0.2, 0.25) is 5.02 Å². The molecule has 0 unspecified atom stereocenters. The summed E-state index contributed by atoms with van der Waals surface area (Å²) in [6, 6.07) is 14.4. The lowest BCUT2D eigenvalue weighted by Crippen LogP contribution is -2.10. The maximum atomic E-state index is 6.29. The molecule has 3 aromatic rings. The topological polar surface area (TPSA) is 13.1 Å². The van der Waals surface area contributed by atoms with Crippen molar-refractivity contribution in [2.45, 2.75) is 33.1 Å². The molecule has 0 fully saturated rings. The molecule has 0 saturated heterocycles. The van der Waals surface area contributed by atoms with Gasteiger partial charge in [0.25, 0.3) is 0 Å². The highest BCUT2D eigenvalue weighted by Crippen LogP contribution is 2.37. The molecule has 21 heavy (non-hydrogen) atoms. The van der Waals surface area contributed by atoms with E-state index in [1.54, 1.807) is 0 Å². The Morgan fingerprint density at radius 3 is 2.19 bits per heavy atom. The van der Waals surface area contributed by atoms with Crippen molar-refractivity contribution in [2.75, 3.05) is 0 Å². The van der Waals surface area contributed by atoms with Crippen LogP contribution in [-0.2, 0) is 5.41 Å². The van der Waals surface area contributed by atoms with E-state index in [1.807, 2.05) is 18.2 Å². The number of hydrogen-bond donors (Lipinski definition) is 0. The minimum absolute atomic E-state index is 0.158. The number of fused-ring (bicyclic) bond motifs is 1. The van der Waals surface area contributed by atoms with E-state index in [0.717, 1.165) is 32.9 Å². The van der Waals surface area contributed by atoms with Gasteiger partial charge in [0.2, 0.25) is 0 Å². The van der Waals surface area contributed by atoms with Gasteiger partial charge in [-0.05, 0) is 30.0 Å². The minimum Gasteiger partial charge on any atom is -0.456 e. The van der Waals surface area contributed by atoms with E-state index in [4.69, 9.17) is 16.0 Å². The van der Waals surface area contributed by atoms with Crippen molar-refractivity contribution in [3.05, 3.63) is 58.6 Å². The number of furan rings is 1. The summed E-state index contributed by atoms with van der Waals surface area (Å²) in [6.07, 6.45) is 0. The molecule has 1 aromatic heterocycles. The van der Waals surface area contributed by atoms with Crippen molar-refractivity contribution < 1.29 is 4.42 Å². The van der Waals surface area contributed by atoms with Crippen LogP contribution in [0.4, 0.5) is 0 Å². The summed E-state index contributed by atoms with van der Waals surface area (Å²) >= 11 is 6.29. The first-order valence-corrected chi connectivity index (χ1v) is 7.54. The normalized spacial score (nSPS) is 12.0. The van der Waals surface area contributed by atoms with E-state index in [9.17, 15) is 0 Å². The van der Waals surface area contributed by atoms with E-state index in [0.29, 0.717) is 0 Å². The van der Waals surface area contributed by atoms with E-state index in [-0.39, 0.29) is 5.41 Å². The Bertz CT molecular complexity index is 789. The number of halogens is 1. The lowest BCUT2D eigenvalue weighted by molar-refractivity contribution is 0.590. The highest BCUT2D eigenvalue weighted by molar-refractivity contribution is 6.35. The summed E-state index contributed by atoms with van der Waals surface area (Å²) in [6.45, 7) is 8.71. The highest BCUT2D eigenvalue weighted by Gasteiger charge is 2.17. The van der Waals surface area contributed by atoms with Crippen molar-refractivity contribution in [3.8, 4) is 11.3 Å². The van der Waals surface area contributed by atoms with Gasteiger partial charge in [0.1, 0.15) is 11.3 Å². The second-order valence-corrected chi connectivity index (χ2v) is 6.90. The molecule has 2 heteroatoms. The first-order valence-electron chi connectivity index (χ1n) is 7.16. The molecule has 0 N–H and O–H groups in total. The van der Waals surface area contributed by atoms with Crippen molar-refractivity contribution >= 4 is 22.6 Å². The monoisotopic (exact) mass is 298 g/mol. The van der Waals surface area contributed by atoms with Gasteiger partial charge in [0.15, 0.2) is 0 Å². The largest absolute Gasteiger partial charge is 0.456 e. The lowest BCUT2D eigenvalue weighted by Gasteiger charge is -2.18. The van der Waals surface area contributed by atoms with Gasteiger partial charge in [0, 0.05) is 16.5 Å². The zero-order valence-corrected chi connectivity index (χ0v) is 13.6. The summed E-state index contributed by atoms with van der Waals surface area (Å²) in [5.41, 5.74) is 4.50. The molecule has 0 radical (unpaired) electrons. The fourth-order valence-electron chi connectivity index (χ4n) is 2.65. The third-order valence-electron chi connectivity index (χ3n) is 3.92. The van der Waals surface area contributed by atoms with Crippen LogP contribution in [0.25, 0.3) is 22.3 Å². The van der Waals surface area contributed by atoms with Gasteiger partial charge in [-0.2, -0.15) is 0 Å². The zero-order valence-electron chi connectivity index (χ0n) is 12.8. The molecule has 3 rings (SSSR count). The number of rotatable bonds is 1. The van der Waals surface area contributed by atoms with E-state index in [2.05, 4.69) is 52.0 Å². The smallest absolute Gasteiger partial charge is 0.138 e. The molecule has 0 aliphatic heterocycles. The van der Waals surface area contributed by atoms with Gasteiger partial charge >= 0.3 is 0 Å². The van der Waals surface area contributed by atoms with Gasteiger partial charge in [-0.3, -0.25) is 0 Å². The molecular weight excluding hydrogens is 280 g/mol. The van der Waals surface area contributed by atoms with Crippen molar-refractivity contribution in [3.63, 3.8) is 0 Å². The molecule has 0 saturated carbocycles. The molecule has 0 aliphatic rings. The number of aryl methyl sites for hydroxylation is 1. The van der Waals surface area contributed by atoms with Gasteiger partial charge in [-0.15, -0.1) is 0 Å². The third kappa shape index (κ3) is 2.47. The molecule has 0 aliphatic carbocycles. The molecule has 0 atom stereocenters. The van der Waals surface area contributed by atoms with Crippen molar-refractivity contribution in [1.82, 2.24) is 0 Å². The van der Waals surface area contributed by atoms with E-state index in [1.165, 1.54) is 5.56 Å². The Hall–Kier alpha value is -1.73. The summed E-state index contributed by atoms with van der Waals surface area (Å²) in [4.78, 5) is 0. The average molecular weight is 299 g/mol.